The van der Waals surface area contributed by atoms with Gasteiger partial charge in [0.25, 0.3) is 0 Å². The van der Waals surface area contributed by atoms with Crippen LogP contribution in [0.25, 0.3) is 22.3 Å². The number of hydrogen-bond donors (Lipinski definition) is 2. The number of carbonyl (C=O) groups excluding carboxylic acids is 1. The highest BCUT2D eigenvalue weighted by Crippen LogP contribution is 2.25. The van der Waals surface area contributed by atoms with Crippen LogP contribution in [-0.2, 0) is 24.2 Å². The smallest absolute Gasteiger partial charge is 0.224 e. The third-order valence-electron chi connectivity index (χ3n) is 5.81. The van der Waals surface area contributed by atoms with E-state index in [2.05, 4.69) is 37.2 Å². The number of rotatable bonds is 5. The molecule has 1 amide bonds. The summed E-state index contributed by atoms with van der Waals surface area (Å²) in [6, 6.07) is 16.1. The van der Waals surface area contributed by atoms with E-state index in [1.807, 2.05) is 42.6 Å². The van der Waals surface area contributed by atoms with Gasteiger partial charge < -0.3 is 14.9 Å². The van der Waals surface area contributed by atoms with Crippen LogP contribution in [0.1, 0.15) is 37.1 Å². The Balaban J connectivity index is 1.28. The molecule has 5 rings (SSSR count). The summed E-state index contributed by atoms with van der Waals surface area (Å²) in [5.74, 6) is 1.97. The average Bonchev–Trinajstić information content (AvgIpc) is 3.29. The summed E-state index contributed by atoms with van der Waals surface area (Å²) in [5, 5.41) is 13.0. The Hall–Kier alpha value is -3.41. The molecule has 0 unspecified atom stereocenters. The van der Waals surface area contributed by atoms with Gasteiger partial charge in [0.1, 0.15) is 5.82 Å². The zero-order valence-electron chi connectivity index (χ0n) is 16.9. The number of anilines is 1. The molecule has 6 heteroatoms. The standard InChI is InChI=1S/C24H25N5O/c30-23(13-12-18-16-25-21-10-4-3-9-20(18)21)26-19-8-6-7-17(15-19)24-28-27-22-11-2-1-5-14-29(22)24/h3-4,6-10,15-16,25H,1-2,5,11-14H2,(H,26,30). The third kappa shape index (κ3) is 3.73. The lowest BCUT2D eigenvalue weighted by atomic mass is 10.1. The second kappa shape index (κ2) is 8.14. The van der Waals surface area contributed by atoms with Crippen molar-refractivity contribution in [3.05, 3.63) is 66.1 Å². The summed E-state index contributed by atoms with van der Waals surface area (Å²) < 4.78 is 2.23. The summed E-state index contributed by atoms with van der Waals surface area (Å²) in [4.78, 5) is 15.8. The molecular weight excluding hydrogens is 374 g/mol. The molecule has 0 spiro atoms. The largest absolute Gasteiger partial charge is 0.361 e. The Morgan fingerprint density at radius 1 is 1.07 bits per heavy atom. The number of nitrogens with one attached hydrogen (secondary N) is 2. The van der Waals surface area contributed by atoms with Gasteiger partial charge >= 0.3 is 0 Å². The highest BCUT2D eigenvalue weighted by atomic mass is 16.1. The molecule has 0 aliphatic carbocycles. The molecule has 1 aliphatic heterocycles. The van der Waals surface area contributed by atoms with Crippen molar-refractivity contribution >= 4 is 22.5 Å². The number of nitrogens with zero attached hydrogens (tertiary/aromatic N) is 3. The Bertz CT molecular complexity index is 1190. The summed E-state index contributed by atoms with van der Waals surface area (Å²) >= 11 is 0. The van der Waals surface area contributed by atoms with Crippen LogP contribution >= 0.6 is 0 Å². The molecule has 0 saturated heterocycles. The summed E-state index contributed by atoms with van der Waals surface area (Å²) in [7, 11) is 0. The van der Waals surface area contributed by atoms with Crippen molar-refractivity contribution in [3.8, 4) is 11.4 Å². The normalized spacial score (nSPS) is 13.7. The first-order valence-corrected chi connectivity index (χ1v) is 10.7. The van der Waals surface area contributed by atoms with Gasteiger partial charge in [-0.3, -0.25) is 4.79 Å². The predicted octanol–water partition coefficient (Wildman–Crippen LogP) is 4.72. The fourth-order valence-corrected chi connectivity index (χ4v) is 4.24. The number of benzene rings is 2. The summed E-state index contributed by atoms with van der Waals surface area (Å²) in [6.45, 7) is 0.957. The maximum absolute atomic E-state index is 12.6. The lowest BCUT2D eigenvalue weighted by Gasteiger charge is -2.09. The summed E-state index contributed by atoms with van der Waals surface area (Å²) in [5.41, 5.74) is 4.06. The van der Waals surface area contributed by atoms with E-state index in [1.54, 1.807) is 0 Å². The topological polar surface area (TPSA) is 75.6 Å². The van der Waals surface area contributed by atoms with Crippen molar-refractivity contribution < 1.29 is 4.79 Å². The molecule has 0 atom stereocenters. The van der Waals surface area contributed by atoms with E-state index in [4.69, 9.17) is 0 Å². The summed E-state index contributed by atoms with van der Waals surface area (Å²) in [6.07, 6.45) is 7.68. The zero-order chi connectivity index (χ0) is 20.3. The quantitative estimate of drug-likeness (QED) is 0.510. The Morgan fingerprint density at radius 3 is 2.97 bits per heavy atom. The highest BCUT2D eigenvalue weighted by molar-refractivity contribution is 5.92. The molecular formula is C24H25N5O. The number of hydrogen-bond acceptors (Lipinski definition) is 3. The lowest BCUT2D eigenvalue weighted by molar-refractivity contribution is -0.116. The first kappa shape index (κ1) is 18.6. The van der Waals surface area contributed by atoms with Gasteiger partial charge in [0.15, 0.2) is 5.82 Å². The van der Waals surface area contributed by atoms with Gasteiger partial charge in [-0.2, -0.15) is 0 Å². The molecule has 30 heavy (non-hydrogen) atoms. The van der Waals surface area contributed by atoms with Gasteiger partial charge in [0.05, 0.1) is 0 Å². The minimum Gasteiger partial charge on any atom is -0.361 e. The molecule has 0 saturated carbocycles. The van der Waals surface area contributed by atoms with E-state index in [0.29, 0.717) is 12.8 Å². The molecule has 2 aromatic heterocycles. The van der Waals surface area contributed by atoms with Crippen molar-refractivity contribution in [1.82, 2.24) is 19.7 Å². The molecule has 0 fully saturated rings. The molecule has 3 heterocycles. The van der Waals surface area contributed by atoms with Gasteiger partial charge in [0.2, 0.25) is 5.91 Å². The van der Waals surface area contributed by atoms with Crippen LogP contribution in [-0.4, -0.2) is 25.7 Å². The minimum absolute atomic E-state index is 0.0116. The number of aromatic nitrogens is 4. The van der Waals surface area contributed by atoms with Gasteiger partial charge in [-0.1, -0.05) is 36.8 Å². The Kier molecular flexibility index (Phi) is 5.05. The fourth-order valence-electron chi connectivity index (χ4n) is 4.24. The maximum Gasteiger partial charge on any atom is 0.224 e. The molecule has 4 aromatic rings. The third-order valence-corrected chi connectivity index (χ3v) is 5.81. The molecule has 1 aliphatic rings. The first-order chi connectivity index (χ1) is 14.8. The number of amides is 1. The van der Waals surface area contributed by atoms with E-state index in [9.17, 15) is 4.79 Å². The predicted molar refractivity (Wildman–Crippen MR) is 118 cm³/mol. The van der Waals surface area contributed by atoms with E-state index in [0.717, 1.165) is 47.8 Å². The maximum atomic E-state index is 12.6. The second-order valence-corrected chi connectivity index (χ2v) is 7.89. The Labute approximate surface area is 175 Å². The van der Waals surface area contributed by atoms with Crippen LogP contribution in [0.15, 0.2) is 54.7 Å². The molecule has 2 aromatic carbocycles. The first-order valence-electron chi connectivity index (χ1n) is 10.7. The van der Waals surface area contributed by atoms with Crippen LogP contribution in [0.2, 0.25) is 0 Å². The van der Waals surface area contributed by atoms with Crippen molar-refractivity contribution in [1.29, 1.82) is 0 Å². The van der Waals surface area contributed by atoms with Gasteiger partial charge in [0, 0.05) is 47.7 Å². The number of H-pyrrole nitrogens is 1. The number of aryl methyl sites for hydroxylation is 2. The van der Waals surface area contributed by atoms with Crippen molar-refractivity contribution in [2.24, 2.45) is 0 Å². The molecule has 0 bridgehead atoms. The molecule has 152 valence electrons. The monoisotopic (exact) mass is 399 g/mol. The second-order valence-electron chi connectivity index (χ2n) is 7.89. The van der Waals surface area contributed by atoms with Gasteiger partial charge in [-0.05, 0) is 43.0 Å². The molecule has 0 radical (unpaired) electrons. The number of aromatic amines is 1. The number of carbonyl (C=O) groups is 1. The van der Waals surface area contributed by atoms with Crippen LogP contribution in [0.3, 0.4) is 0 Å². The van der Waals surface area contributed by atoms with E-state index >= 15 is 0 Å². The lowest BCUT2D eigenvalue weighted by Crippen LogP contribution is -2.12. The number of para-hydroxylation sites is 1. The van der Waals surface area contributed by atoms with Crippen LogP contribution in [0, 0.1) is 0 Å². The molecule has 2 N–H and O–H groups in total. The van der Waals surface area contributed by atoms with Gasteiger partial charge in [-0.25, -0.2) is 0 Å². The SMILES string of the molecule is O=C(CCc1c[nH]c2ccccc12)Nc1cccc(-c2nnc3n2CCCCC3)c1. The van der Waals surface area contributed by atoms with Crippen molar-refractivity contribution in [2.45, 2.75) is 45.1 Å². The highest BCUT2D eigenvalue weighted by Gasteiger charge is 2.16. The van der Waals surface area contributed by atoms with Crippen molar-refractivity contribution in [3.63, 3.8) is 0 Å². The number of fused-ring (bicyclic) bond motifs is 2. The van der Waals surface area contributed by atoms with Gasteiger partial charge in [-0.15, -0.1) is 10.2 Å². The van der Waals surface area contributed by atoms with Crippen molar-refractivity contribution in [2.75, 3.05) is 5.32 Å². The van der Waals surface area contributed by atoms with Crippen LogP contribution in [0.5, 0.6) is 0 Å². The zero-order valence-corrected chi connectivity index (χ0v) is 16.9. The Morgan fingerprint density at radius 2 is 2.00 bits per heavy atom. The fraction of sp³-hybridized carbons (Fsp3) is 0.292. The minimum atomic E-state index is 0.0116. The van der Waals surface area contributed by atoms with E-state index < -0.39 is 0 Å². The van der Waals surface area contributed by atoms with Crippen LogP contribution < -0.4 is 5.32 Å². The van der Waals surface area contributed by atoms with Crippen LogP contribution in [0.4, 0.5) is 5.69 Å². The van der Waals surface area contributed by atoms with E-state index in [-0.39, 0.29) is 5.91 Å². The average molecular weight is 399 g/mol. The van der Waals surface area contributed by atoms with E-state index in [1.165, 1.54) is 23.8 Å². The molecule has 6 nitrogen and oxygen atoms in total.